The summed E-state index contributed by atoms with van der Waals surface area (Å²) in [5, 5.41) is 0. The van der Waals surface area contributed by atoms with Gasteiger partial charge in [-0.15, -0.1) is 0 Å². The van der Waals surface area contributed by atoms with Crippen LogP contribution < -0.4 is 0 Å². The first kappa shape index (κ1) is 58.6. The van der Waals surface area contributed by atoms with Crippen LogP contribution in [0.3, 0.4) is 0 Å². The second-order valence-electron chi connectivity index (χ2n) is 16.7. The van der Waals surface area contributed by atoms with Crippen molar-refractivity contribution in [2.45, 2.75) is 239 Å². The average Bonchev–Trinajstić information content (AvgIpc) is 3.27. The number of hydrogen-bond donors (Lipinski definition) is 0. The molecule has 0 aromatic carbocycles. The Morgan fingerprint density at radius 3 is 1.00 bits per heavy atom. The Hall–Kier alpha value is -3.41. The second kappa shape index (κ2) is 50.2. The summed E-state index contributed by atoms with van der Waals surface area (Å²) in [4.78, 5) is 37.7. The van der Waals surface area contributed by atoms with Crippen molar-refractivity contribution in [2.24, 2.45) is 0 Å². The average molecular weight is 863 g/mol. The van der Waals surface area contributed by atoms with E-state index in [0.717, 1.165) is 109 Å². The predicted octanol–water partition coefficient (Wildman–Crippen LogP) is 16.8. The lowest BCUT2D eigenvalue weighted by Crippen LogP contribution is -2.30. The molecule has 0 fully saturated rings. The summed E-state index contributed by atoms with van der Waals surface area (Å²) in [6.45, 7) is 6.32. The Labute approximate surface area is 382 Å². The van der Waals surface area contributed by atoms with Gasteiger partial charge in [0.2, 0.25) is 0 Å². The Morgan fingerprint density at radius 1 is 0.339 bits per heavy atom. The summed E-state index contributed by atoms with van der Waals surface area (Å²) in [5.41, 5.74) is 0. The van der Waals surface area contributed by atoms with Gasteiger partial charge < -0.3 is 14.2 Å². The molecule has 62 heavy (non-hydrogen) atoms. The monoisotopic (exact) mass is 863 g/mol. The summed E-state index contributed by atoms with van der Waals surface area (Å²) >= 11 is 0. The topological polar surface area (TPSA) is 78.9 Å². The predicted molar refractivity (Wildman–Crippen MR) is 265 cm³/mol. The Morgan fingerprint density at radius 2 is 0.629 bits per heavy atom. The number of rotatable bonds is 45. The molecule has 0 saturated heterocycles. The van der Waals surface area contributed by atoms with Gasteiger partial charge in [-0.25, -0.2) is 0 Å². The summed E-state index contributed by atoms with van der Waals surface area (Å²) in [6.07, 6.45) is 64.6. The fourth-order valence-corrected chi connectivity index (χ4v) is 6.86. The quantitative estimate of drug-likeness (QED) is 0.0263. The first-order valence-electron chi connectivity index (χ1n) is 25.6. The molecular weight excluding hydrogens is 769 g/mol. The minimum atomic E-state index is -0.788. The minimum absolute atomic E-state index is 0.0888. The molecule has 0 aliphatic carbocycles. The third-order valence-electron chi connectivity index (χ3n) is 10.6. The molecular formula is C56H94O6. The largest absolute Gasteiger partial charge is 0.462 e. The molecule has 0 heterocycles. The molecule has 0 amide bonds. The standard InChI is InChI=1S/C56H94O6/c1-4-7-10-13-16-18-20-22-23-24-25-26-27-28-29-30-31-32-33-35-36-38-40-43-46-49-55(58)61-52-53(51-60-54(57)48-45-42-15-12-9-6-3)62-56(59)50-47-44-41-39-37-34-21-19-17-14-11-8-5-2/h7-8,10-11,16-19,22-23,25-26,34,37,53H,4-6,9,12-15,20-21,24,27-33,35-36,38-52H2,1-3H3/b10-7-,11-8-,18-16-,19-17-,23-22-,26-25-,37-34-. The fraction of sp³-hybridized carbons (Fsp3) is 0.696. The van der Waals surface area contributed by atoms with Crippen LogP contribution in [0.2, 0.25) is 0 Å². The van der Waals surface area contributed by atoms with Crippen LogP contribution in [-0.2, 0) is 28.6 Å². The van der Waals surface area contributed by atoms with E-state index in [9.17, 15) is 14.4 Å². The van der Waals surface area contributed by atoms with Crippen LogP contribution >= 0.6 is 0 Å². The van der Waals surface area contributed by atoms with E-state index in [1.54, 1.807) is 0 Å². The van der Waals surface area contributed by atoms with E-state index >= 15 is 0 Å². The number of allylic oxidation sites excluding steroid dienone is 14. The van der Waals surface area contributed by atoms with Gasteiger partial charge in [-0.05, 0) is 89.9 Å². The van der Waals surface area contributed by atoms with Gasteiger partial charge in [0.15, 0.2) is 6.10 Å². The van der Waals surface area contributed by atoms with Gasteiger partial charge in [0.05, 0.1) is 0 Å². The van der Waals surface area contributed by atoms with Crippen molar-refractivity contribution in [1.82, 2.24) is 0 Å². The fourth-order valence-electron chi connectivity index (χ4n) is 6.86. The molecule has 0 N–H and O–H groups in total. The highest BCUT2D eigenvalue weighted by Crippen LogP contribution is 2.15. The molecule has 354 valence electrons. The molecule has 0 rings (SSSR count). The number of carbonyl (C=O) groups is 3. The summed E-state index contributed by atoms with van der Waals surface area (Å²) < 4.78 is 16.7. The number of esters is 3. The second-order valence-corrected chi connectivity index (χ2v) is 16.7. The van der Waals surface area contributed by atoms with Crippen LogP contribution in [0.25, 0.3) is 0 Å². The maximum Gasteiger partial charge on any atom is 0.306 e. The molecule has 1 unspecified atom stereocenters. The van der Waals surface area contributed by atoms with Crippen molar-refractivity contribution in [2.75, 3.05) is 13.2 Å². The van der Waals surface area contributed by atoms with Crippen molar-refractivity contribution in [3.63, 3.8) is 0 Å². The molecule has 0 saturated carbocycles. The lowest BCUT2D eigenvalue weighted by Gasteiger charge is -2.18. The van der Waals surface area contributed by atoms with Crippen LogP contribution in [0, 0.1) is 0 Å². The van der Waals surface area contributed by atoms with E-state index in [1.165, 1.54) is 83.5 Å². The Bertz CT molecular complexity index is 1220. The van der Waals surface area contributed by atoms with E-state index in [2.05, 4.69) is 106 Å². The van der Waals surface area contributed by atoms with Crippen LogP contribution in [0.5, 0.6) is 0 Å². The zero-order chi connectivity index (χ0) is 45.1. The van der Waals surface area contributed by atoms with E-state index in [0.29, 0.717) is 19.3 Å². The lowest BCUT2D eigenvalue weighted by molar-refractivity contribution is -0.167. The molecule has 6 heteroatoms. The lowest BCUT2D eigenvalue weighted by atomic mass is 10.0. The molecule has 0 bridgehead atoms. The molecule has 0 aromatic rings. The zero-order valence-corrected chi connectivity index (χ0v) is 40.4. The SMILES string of the molecule is CC/C=C\C/C=C\C/C=C\C/C=C\CCCCCCCCCCCCCCC(=O)OCC(COC(=O)CCCCCCCC)OC(=O)CCCCC/C=C\C/C=C\C/C=C\CC. The van der Waals surface area contributed by atoms with Crippen molar-refractivity contribution in [1.29, 1.82) is 0 Å². The molecule has 6 nitrogen and oxygen atoms in total. The van der Waals surface area contributed by atoms with Gasteiger partial charge in [0.25, 0.3) is 0 Å². The minimum Gasteiger partial charge on any atom is -0.462 e. The summed E-state index contributed by atoms with van der Waals surface area (Å²) in [7, 11) is 0. The molecule has 1 atom stereocenters. The number of hydrogen-bond acceptors (Lipinski definition) is 6. The zero-order valence-electron chi connectivity index (χ0n) is 40.4. The van der Waals surface area contributed by atoms with E-state index < -0.39 is 6.10 Å². The Kier molecular flexibility index (Phi) is 47.5. The van der Waals surface area contributed by atoms with Gasteiger partial charge in [-0.3, -0.25) is 14.4 Å². The number of unbranched alkanes of at least 4 members (excludes halogenated alkanes) is 20. The normalized spacial score (nSPS) is 12.8. The van der Waals surface area contributed by atoms with Gasteiger partial charge in [-0.2, -0.15) is 0 Å². The maximum absolute atomic E-state index is 12.7. The highest BCUT2D eigenvalue weighted by molar-refractivity contribution is 5.71. The smallest absolute Gasteiger partial charge is 0.306 e. The van der Waals surface area contributed by atoms with E-state index in [1.807, 2.05) is 0 Å². The van der Waals surface area contributed by atoms with Gasteiger partial charge in [0, 0.05) is 19.3 Å². The van der Waals surface area contributed by atoms with Crippen LogP contribution in [0.15, 0.2) is 85.1 Å². The summed E-state index contributed by atoms with van der Waals surface area (Å²) in [5.74, 6) is -0.932. The number of carbonyl (C=O) groups excluding carboxylic acids is 3. The summed E-state index contributed by atoms with van der Waals surface area (Å²) in [6, 6.07) is 0. The highest BCUT2D eigenvalue weighted by Gasteiger charge is 2.19. The van der Waals surface area contributed by atoms with Gasteiger partial charge in [0.1, 0.15) is 13.2 Å². The molecule has 0 aromatic heterocycles. The van der Waals surface area contributed by atoms with Crippen molar-refractivity contribution >= 4 is 17.9 Å². The van der Waals surface area contributed by atoms with E-state index in [-0.39, 0.29) is 31.1 Å². The van der Waals surface area contributed by atoms with Crippen molar-refractivity contribution < 1.29 is 28.6 Å². The molecule has 0 radical (unpaired) electrons. The van der Waals surface area contributed by atoms with Crippen molar-refractivity contribution in [3.8, 4) is 0 Å². The Balaban J connectivity index is 4.15. The van der Waals surface area contributed by atoms with Crippen molar-refractivity contribution in [3.05, 3.63) is 85.1 Å². The van der Waals surface area contributed by atoms with Gasteiger partial charge in [-0.1, -0.05) is 209 Å². The van der Waals surface area contributed by atoms with Gasteiger partial charge >= 0.3 is 17.9 Å². The highest BCUT2D eigenvalue weighted by atomic mass is 16.6. The first-order chi connectivity index (χ1) is 30.5. The van der Waals surface area contributed by atoms with E-state index in [4.69, 9.17) is 14.2 Å². The molecule has 0 spiro atoms. The van der Waals surface area contributed by atoms with Crippen LogP contribution in [0.1, 0.15) is 233 Å². The third-order valence-corrected chi connectivity index (χ3v) is 10.6. The third kappa shape index (κ3) is 47.6. The maximum atomic E-state index is 12.7. The first-order valence-corrected chi connectivity index (χ1v) is 25.6. The van der Waals surface area contributed by atoms with Crippen LogP contribution in [-0.4, -0.2) is 37.2 Å². The molecule has 0 aliphatic heterocycles. The molecule has 0 aliphatic rings. The number of ether oxygens (including phenoxy) is 3. The van der Waals surface area contributed by atoms with Crippen LogP contribution in [0.4, 0.5) is 0 Å².